The van der Waals surface area contributed by atoms with Crippen LogP contribution in [0, 0.1) is 0 Å². The van der Waals surface area contributed by atoms with Gasteiger partial charge in [-0.05, 0) is 64.4 Å². The molecule has 1 nitrogen and oxygen atoms in total. The van der Waals surface area contributed by atoms with Gasteiger partial charge in [0.1, 0.15) is 0 Å². The van der Waals surface area contributed by atoms with Gasteiger partial charge in [0.25, 0.3) is 0 Å². The third-order valence-corrected chi connectivity index (χ3v) is 7.26. The molecule has 0 amide bonds. The summed E-state index contributed by atoms with van der Waals surface area (Å²) < 4.78 is 0. The molecule has 0 saturated heterocycles. The molecule has 0 atom stereocenters. The highest BCUT2D eigenvalue weighted by molar-refractivity contribution is 5.86. The van der Waals surface area contributed by atoms with Crippen LogP contribution in [0.15, 0.2) is 103 Å². The molecular weight excluding hydrogens is 374 g/mol. The zero-order valence-electron chi connectivity index (χ0n) is 17.2. The molecule has 1 heteroatoms. The Bertz CT molecular complexity index is 1470. The molecule has 7 rings (SSSR count). The van der Waals surface area contributed by atoms with Crippen LogP contribution in [-0.4, -0.2) is 4.98 Å². The fraction of sp³-hybridized carbons (Fsp3) is 0.100. The number of nitrogens with zero attached hydrogens (tertiary/aromatic N) is 1. The van der Waals surface area contributed by atoms with Crippen molar-refractivity contribution in [3.05, 3.63) is 125 Å². The Morgan fingerprint density at radius 2 is 1.29 bits per heavy atom. The van der Waals surface area contributed by atoms with Crippen LogP contribution in [0.25, 0.3) is 33.3 Å². The lowest BCUT2D eigenvalue weighted by atomic mass is 9.75. The van der Waals surface area contributed by atoms with Crippen LogP contribution in [0.3, 0.4) is 0 Å². The lowest BCUT2D eigenvalue weighted by Crippen LogP contribution is -2.25. The second-order valence-electron chi connectivity index (χ2n) is 8.90. The second kappa shape index (κ2) is 6.15. The van der Waals surface area contributed by atoms with Gasteiger partial charge in [-0.15, -0.1) is 0 Å². The van der Waals surface area contributed by atoms with Crippen LogP contribution in [0.5, 0.6) is 0 Å². The van der Waals surface area contributed by atoms with Crippen molar-refractivity contribution in [2.24, 2.45) is 0 Å². The largest absolute Gasteiger partial charge is 0.248 e. The first kappa shape index (κ1) is 17.0. The average molecular weight is 396 g/mol. The number of pyridine rings is 1. The SMILES string of the molecule is c1ccc2c(c1)CC1(C2)c2ccccc2-c2ccc(-c3ccc4ccccc4n3)cc21. The first-order valence-corrected chi connectivity index (χ1v) is 11.0. The van der Waals surface area contributed by atoms with E-state index in [0.717, 1.165) is 24.1 Å². The number of rotatable bonds is 1. The molecule has 1 spiro atoms. The molecule has 0 bridgehead atoms. The van der Waals surface area contributed by atoms with E-state index in [9.17, 15) is 0 Å². The minimum Gasteiger partial charge on any atom is -0.248 e. The van der Waals surface area contributed by atoms with E-state index in [1.54, 1.807) is 0 Å². The first-order chi connectivity index (χ1) is 15.3. The minimum absolute atomic E-state index is 0.0302. The minimum atomic E-state index is 0.0302. The van der Waals surface area contributed by atoms with Gasteiger partial charge in [-0.3, -0.25) is 0 Å². The van der Waals surface area contributed by atoms with E-state index in [4.69, 9.17) is 4.98 Å². The maximum Gasteiger partial charge on any atom is 0.0709 e. The van der Waals surface area contributed by atoms with Gasteiger partial charge in [-0.2, -0.15) is 0 Å². The Labute approximate surface area is 182 Å². The monoisotopic (exact) mass is 395 g/mol. The summed E-state index contributed by atoms with van der Waals surface area (Å²) in [5.41, 5.74) is 12.0. The summed E-state index contributed by atoms with van der Waals surface area (Å²) in [5.74, 6) is 0. The molecule has 2 aliphatic rings. The van der Waals surface area contributed by atoms with Gasteiger partial charge in [0.05, 0.1) is 11.2 Å². The molecule has 0 radical (unpaired) electrons. The normalized spacial score (nSPS) is 15.1. The number of hydrogen-bond acceptors (Lipinski definition) is 1. The van der Waals surface area contributed by atoms with Crippen LogP contribution in [0.2, 0.25) is 0 Å². The molecule has 4 aromatic carbocycles. The topological polar surface area (TPSA) is 12.9 Å². The lowest BCUT2D eigenvalue weighted by Gasteiger charge is -2.27. The van der Waals surface area contributed by atoms with Crippen molar-refractivity contribution in [1.29, 1.82) is 0 Å². The molecule has 31 heavy (non-hydrogen) atoms. The third-order valence-electron chi connectivity index (χ3n) is 7.26. The molecule has 0 fully saturated rings. The average Bonchev–Trinajstić information content (AvgIpc) is 3.35. The van der Waals surface area contributed by atoms with Gasteiger partial charge in [0.2, 0.25) is 0 Å². The fourth-order valence-electron chi connectivity index (χ4n) is 5.84. The summed E-state index contributed by atoms with van der Waals surface area (Å²) >= 11 is 0. The Balaban J connectivity index is 1.44. The zero-order chi connectivity index (χ0) is 20.4. The summed E-state index contributed by atoms with van der Waals surface area (Å²) in [5, 5.41) is 1.18. The Morgan fingerprint density at radius 1 is 0.581 bits per heavy atom. The van der Waals surface area contributed by atoms with E-state index in [2.05, 4.69) is 103 Å². The maximum atomic E-state index is 4.97. The van der Waals surface area contributed by atoms with E-state index in [-0.39, 0.29) is 5.41 Å². The maximum absolute atomic E-state index is 4.97. The van der Waals surface area contributed by atoms with Crippen molar-refractivity contribution in [2.45, 2.75) is 18.3 Å². The molecule has 0 unspecified atom stereocenters. The standard InChI is InChI=1S/C30H21N/c1-2-9-23-19-30(18-22(23)8-1)26-11-5-4-10-24(26)25-15-13-21(17-27(25)30)29-16-14-20-7-3-6-12-28(20)31-29/h1-17H,18-19H2. The lowest BCUT2D eigenvalue weighted by molar-refractivity contribution is 0.564. The highest BCUT2D eigenvalue weighted by Gasteiger charge is 2.46. The van der Waals surface area contributed by atoms with Crippen molar-refractivity contribution in [3.8, 4) is 22.4 Å². The van der Waals surface area contributed by atoms with Gasteiger partial charge >= 0.3 is 0 Å². The van der Waals surface area contributed by atoms with Gasteiger partial charge in [-0.25, -0.2) is 4.98 Å². The molecule has 0 N–H and O–H groups in total. The summed E-state index contributed by atoms with van der Waals surface area (Å²) in [6.45, 7) is 0. The van der Waals surface area contributed by atoms with Crippen molar-refractivity contribution in [3.63, 3.8) is 0 Å². The smallest absolute Gasteiger partial charge is 0.0709 e. The van der Waals surface area contributed by atoms with Crippen molar-refractivity contribution in [2.75, 3.05) is 0 Å². The molecule has 1 aromatic heterocycles. The van der Waals surface area contributed by atoms with Crippen molar-refractivity contribution in [1.82, 2.24) is 4.98 Å². The first-order valence-electron chi connectivity index (χ1n) is 11.0. The Morgan fingerprint density at radius 3 is 2.16 bits per heavy atom. The second-order valence-corrected chi connectivity index (χ2v) is 8.90. The summed E-state index contributed by atoms with van der Waals surface area (Å²) in [4.78, 5) is 4.97. The van der Waals surface area contributed by atoms with Crippen LogP contribution in [0.4, 0.5) is 0 Å². The van der Waals surface area contributed by atoms with E-state index in [1.165, 1.54) is 44.3 Å². The molecular formula is C30H21N. The van der Waals surface area contributed by atoms with Crippen LogP contribution >= 0.6 is 0 Å². The molecule has 1 heterocycles. The highest BCUT2D eigenvalue weighted by atomic mass is 14.7. The van der Waals surface area contributed by atoms with Crippen LogP contribution in [-0.2, 0) is 18.3 Å². The fourth-order valence-corrected chi connectivity index (χ4v) is 5.84. The van der Waals surface area contributed by atoms with E-state index < -0.39 is 0 Å². The van der Waals surface area contributed by atoms with Gasteiger partial charge < -0.3 is 0 Å². The molecule has 5 aromatic rings. The predicted octanol–water partition coefficient (Wildman–Crippen LogP) is 6.97. The summed E-state index contributed by atoms with van der Waals surface area (Å²) in [6.07, 6.45) is 2.14. The summed E-state index contributed by atoms with van der Waals surface area (Å²) in [7, 11) is 0. The Hall–Kier alpha value is -3.71. The number of aromatic nitrogens is 1. The van der Waals surface area contributed by atoms with E-state index >= 15 is 0 Å². The van der Waals surface area contributed by atoms with E-state index in [1.807, 2.05) is 0 Å². The molecule has 0 aliphatic heterocycles. The Kier molecular flexibility index (Phi) is 3.38. The summed E-state index contributed by atoms with van der Waals surface area (Å²) in [6, 6.07) is 37.6. The highest BCUT2D eigenvalue weighted by Crippen LogP contribution is 2.55. The zero-order valence-corrected chi connectivity index (χ0v) is 17.2. The van der Waals surface area contributed by atoms with E-state index in [0.29, 0.717) is 0 Å². The van der Waals surface area contributed by atoms with Crippen molar-refractivity contribution < 1.29 is 0 Å². The number of fused-ring (bicyclic) bond motifs is 7. The number of para-hydroxylation sites is 1. The molecule has 0 saturated carbocycles. The number of hydrogen-bond donors (Lipinski definition) is 0. The molecule has 2 aliphatic carbocycles. The van der Waals surface area contributed by atoms with Gasteiger partial charge in [-0.1, -0.05) is 84.9 Å². The van der Waals surface area contributed by atoms with Crippen LogP contribution in [0.1, 0.15) is 22.3 Å². The van der Waals surface area contributed by atoms with Gasteiger partial charge in [0.15, 0.2) is 0 Å². The molecule has 146 valence electrons. The number of benzene rings is 4. The van der Waals surface area contributed by atoms with Crippen LogP contribution < -0.4 is 0 Å². The third kappa shape index (κ3) is 2.35. The van der Waals surface area contributed by atoms with Gasteiger partial charge in [0, 0.05) is 16.4 Å². The van der Waals surface area contributed by atoms with Crippen molar-refractivity contribution >= 4 is 10.9 Å². The predicted molar refractivity (Wildman–Crippen MR) is 127 cm³/mol. The quantitative estimate of drug-likeness (QED) is 0.299.